The summed E-state index contributed by atoms with van der Waals surface area (Å²) in [4.78, 5) is 67.1. The number of aliphatic carboxylic acids is 2. The second kappa shape index (κ2) is 12.1. The highest BCUT2D eigenvalue weighted by Gasteiger charge is 2.39. The summed E-state index contributed by atoms with van der Waals surface area (Å²) in [6, 6.07) is 3.73. The second-order valence-electron chi connectivity index (χ2n) is 9.80. The number of nitrogens with one attached hydrogen (secondary N) is 4. The van der Waals surface area contributed by atoms with Crippen molar-refractivity contribution in [2.75, 3.05) is 13.1 Å². The van der Waals surface area contributed by atoms with Crippen LogP contribution in [0, 0.1) is 0 Å². The Morgan fingerprint density at radius 1 is 1.03 bits per heavy atom. The van der Waals surface area contributed by atoms with E-state index in [9.17, 15) is 34.2 Å². The average molecular weight is 528 g/mol. The Morgan fingerprint density at radius 3 is 2.53 bits per heavy atom. The lowest BCUT2D eigenvalue weighted by Gasteiger charge is -2.29. The summed E-state index contributed by atoms with van der Waals surface area (Å²) < 4.78 is 0. The minimum absolute atomic E-state index is 0.0845. The van der Waals surface area contributed by atoms with E-state index in [0.29, 0.717) is 25.8 Å². The highest BCUT2D eigenvalue weighted by Crippen LogP contribution is 2.23. The van der Waals surface area contributed by atoms with Crippen LogP contribution in [-0.4, -0.2) is 87.0 Å². The van der Waals surface area contributed by atoms with Gasteiger partial charge in [0.1, 0.15) is 18.1 Å². The third-order valence-corrected chi connectivity index (χ3v) is 7.19. The van der Waals surface area contributed by atoms with Crippen LogP contribution in [-0.2, 0) is 30.4 Å². The first kappa shape index (κ1) is 27.1. The molecule has 0 bridgehead atoms. The summed E-state index contributed by atoms with van der Waals surface area (Å²) >= 11 is 0. The summed E-state index contributed by atoms with van der Waals surface area (Å²) in [5, 5.41) is 28.0. The molecule has 4 atom stereocenters. The maximum atomic E-state index is 13.6. The normalized spacial score (nSPS) is 20.7. The summed E-state index contributed by atoms with van der Waals surface area (Å²) in [5.41, 5.74) is 1.60. The van der Waals surface area contributed by atoms with Gasteiger partial charge < -0.3 is 36.0 Å². The summed E-state index contributed by atoms with van der Waals surface area (Å²) in [6.07, 6.45) is 3.58. The first-order chi connectivity index (χ1) is 18.2. The van der Waals surface area contributed by atoms with Gasteiger partial charge in [-0.05, 0) is 50.3 Å². The maximum absolute atomic E-state index is 13.6. The number of aromatic amines is 1. The average Bonchev–Trinajstić information content (AvgIpc) is 3.66. The van der Waals surface area contributed by atoms with Gasteiger partial charge in [0.2, 0.25) is 17.7 Å². The Morgan fingerprint density at radius 2 is 1.82 bits per heavy atom. The van der Waals surface area contributed by atoms with Crippen molar-refractivity contribution in [1.82, 2.24) is 25.8 Å². The molecule has 0 saturated carbocycles. The lowest BCUT2D eigenvalue weighted by molar-refractivity contribution is -0.149. The molecule has 2 saturated heterocycles. The van der Waals surface area contributed by atoms with Gasteiger partial charge in [-0.25, -0.2) is 4.79 Å². The molecule has 1 aromatic heterocycles. The zero-order valence-corrected chi connectivity index (χ0v) is 20.9. The number of rotatable bonds is 11. The quantitative estimate of drug-likeness (QED) is 0.242. The van der Waals surface area contributed by atoms with Gasteiger partial charge in [0.05, 0.1) is 6.04 Å². The molecule has 204 valence electrons. The van der Waals surface area contributed by atoms with E-state index >= 15 is 0 Å². The number of aromatic nitrogens is 1. The van der Waals surface area contributed by atoms with E-state index in [-0.39, 0.29) is 25.8 Å². The number of carbonyl (C=O) groups is 5. The zero-order chi connectivity index (χ0) is 27.2. The Balaban J connectivity index is 1.57. The molecular formula is C26H33N5O7. The molecule has 3 amide bonds. The third kappa shape index (κ3) is 6.31. The second-order valence-corrected chi connectivity index (χ2v) is 9.80. The van der Waals surface area contributed by atoms with Crippen molar-refractivity contribution in [2.45, 2.75) is 69.1 Å². The fraction of sp³-hybridized carbons (Fsp3) is 0.500. The molecule has 12 heteroatoms. The number of hydrogen-bond donors (Lipinski definition) is 6. The number of nitrogens with zero attached hydrogens (tertiary/aromatic N) is 1. The van der Waals surface area contributed by atoms with Gasteiger partial charge >= 0.3 is 11.9 Å². The van der Waals surface area contributed by atoms with Crippen LogP contribution in [0.5, 0.6) is 0 Å². The highest BCUT2D eigenvalue weighted by molar-refractivity contribution is 5.95. The van der Waals surface area contributed by atoms with Crippen molar-refractivity contribution in [3.05, 3.63) is 36.0 Å². The molecule has 2 aromatic rings. The molecule has 0 aliphatic carbocycles. The van der Waals surface area contributed by atoms with E-state index in [2.05, 4.69) is 20.9 Å². The van der Waals surface area contributed by atoms with Crippen LogP contribution in [0.3, 0.4) is 0 Å². The number of hydrogen-bond acceptors (Lipinski definition) is 6. The Bertz CT molecular complexity index is 1210. The van der Waals surface area contributed by atoms with Crippen LogP contribution in [0.1, 0.15) is 44.1 Å². The lowest BCUT2D eigenvalue weighted by Crippen LogP contribution is -2.57. The van der Waals surface area contributed by atoms with E-state index in [1.54, 1.807) is 6.20 Å². The topological polar surface area (TPSA) is 181 Å². The molecule has 4 unspecified atom stereocenters. The monoisotopic (exact) mass is 527 g/mol. The van der Waals surface area contributed by atoms with Gasteiger partial charge in [0, 0.05) is 36.5 Å². The zero-order valence-electron chi connectivity index (χ0n) is 20.9. The molecule has 2 aliphatic heterocycles. The van der Waals surface area contributed by atoms with Crippen molar-refractivity contribution >= 4 is 40.6 Å². The predicted octanol–water partition coefficient (Wildman–Crippen LogP) is 0.372. The molecule has 1 aromatic carbocycles. The number of likely N-dealkylation sites (tertiary alicyclic amines) is 1. The first-order valence-electron chi connectivity index (χ1n) is 12.9. The molecule has 0 spiro atoms. The van der Waals surface area contributed by atoms with Crippen molar-refractivity contribution < 1.29 is 34.2 Å². The molecular weight excluding hydrogens is 494 g/mol. The van der Waals surface area contributed by atoms with Crippen molar-refractivity contribution in [1.29, 1.82) is 0 Å². The molecule has 2 aliphatic rings. The molecule has 3 heterocycles. The molecule has 12 nitrogen and oxygen atoms in total. The SMILES string of the molecule is O=C(O)CCC(NC(=O)C1CCCN1)C(=O)NC(Cc1c[nH]c2ccccc12)C(=O)N1CCCC1C(=O)O. The minimum atomic E-state index is -1.17. The summed E-state index contributed by atoms with van der Waals surface area (Å²) in [6.45, 7) is 0.925. The smallest absolute Gasteiger partial charge is 0.326 e. The molecule has 6 N–H and O–H groups in total. The van der Waals surface area contributed by atoms with Gasteiger partial charge in [-0.15, -0.1) is 0 Å². The number of para-hydroxylation sites is 1. The Hall–Kier alpha value is -3.93. The Labute approximate surface area is 219 Å². The van der Waals surface area contributed by atoms with Crippen molar-refractivity contribution in [2.24, 2.45) is 0 Å². The van der Waals surface area contributed by atoms with Gasteiger partial charge in [0.25, 0.3) is 0 Å². The number of H-pyrrole nitrogens is 1. The molecule has 38 heavy (non-hydrogen) atoms. The minimum Gasteiger partial charge on any atom is -0.481 e. The first-order valence-corrected chi connectivity index (χ1v) is 12.9. The van der Waals surface area contributed by atoms with Crippen molar-refractivity contribution in [3.8, 4) is 0 Å². The fourth-order valence-electron chi connectivity index (χ4n) is 5.20. The van der Waals surface area contributed by atoms with Crippen LogP contribution in [0.25, 0.3) is 10.9 Å². The third-order valence-electron chi connectivity index (χ3n) is 7.19. The number of carboxylic acids is 2. The van der Waals surface area contributed by atoms with E-state index in [1.165, 1.54) is 4.90 Å². The predicted molar refractivity (Wildman–Crippen MR) is 136 cm³/mol. The lowest BCUT2D eigenvalue weighted by atomic mass is 10.0. The van der Waals surface area contributed by atoms with Gasteiger partial charge in [-0.3, -0.25) is 19.2 Å². The van der Waals surface area contributed by atoms with Crippen molar-refractivity contribution in [3.63, 3.8) is 0 Å². The van der Waals surface area contributed by atoms with Gasteiger partial charge in [0.15, 0.2) is 0 Å². The molecule has 4 rings (SSSR count). The number of benzene rings is 1. The molecule has 2 fully saturated rings. The fourth-order valence-corrected chi connectivity index (χ4v) is 5.20. The summed E-state index contributed by atoms with van der Waals surface area (Å²) in [7, 11) is 0. The van der Waals surface area contributed by atoms with Gasteiger partial charge in [-0.1, -0.05) is 18.2 Å². The van der Waals surface area contributed by atoms with Gasteiger partial charge in [-0.2, -0.15) is 0 Å². The van der Waals surface area contributed by atoms with E-state index in [1.807, 2.05) is 24.3 Å². The van der Waals surface area contributed by atoms with Crippen LogP contribution in [0.15, 0.2) is 30.5 Å². The number of carboxylic acid groups (broad SMARTS) is 2. The van der Waals surface area contributed by atoms with Crippen LogP contribution in [0.4, 0.5) is 0 Å². The number of fused-ring (bicyclic) bond motifs is 1. The van der Waals surface area contributed by atoms with Crippen LogP contribution >= 0.6 is 0 Å². The maximum Gasteiger partial charge on any atom is 0.326 e. The van der Waals surface area contributed by atoms with Crippen LogP contribution < -0.4 is 16.0 Å². The Kier molecular flexibility index (Phi) is 8.62. The largest absolute Gasteiger partial charge is 0.481 e. The van der Waals surface area contributed by atoms with Crippen LogP contribution in [0.2, 0.25) is 0 Å². The summed E-state index contributed by atoms with van der Waals surface area (Å²) in [5.74, 6) is -3.86. The van der Waals surface area contributed by atoms with E-state index in [0.717, 1.165) is 22.9 Å². The number of amides is 3. The standard InChI is InChI=1S/C26H33N5O7/c32-22(33)10-9-19(29-23(34)18-7-3-11-27-18)24(35)30-20(25(36)31-12-4-8-21(31)26(37)38)13-15-14-28-17-6-2-1-5-16(15)17/h1-2,5-6,14,18-21,27-28H,3-4,7-13H2,(H,29,34)(H,30,35)(H,32,33)(H,37,38). The van der Waals surface area contributed by atoms with E-state index in [4.69, 9.17) is 0 Å². The number of carbonyl (C=O) groups excluding carboxylic acids is 3. The molecule has 0 radical (unpaired) electrons. The highest BCUT2D eigenvalue weighted by atomic mass is 16.4. The van der Waals surface area contributed by atoms with E-state index < -0.39 is 53.8 Å².